The van der Waals surface area contributed by atoms with Gasteiger partial charge in [-0.3, -0.25) is 4.79 Å². The summed E-state index contributed by atoms with van der Waals surface area (Å²) >= 11 is 0. The summed E-state index contributed by atoms with van der Waals surface area (Å²) in [4.78, 5) is 11.4. The van der Waals surface area contributed by atoms with Crippen LogP contribution in [0.4, 0.5) is 0 Å². The molecule has 1 rings (SSSR count). The van der Waals surface area contributed by atoms with E-state index in [4.69, 9.17) is 5.73 Å². The quantitative estimate of drug-likeness (QED) is 0.660. The highest BCUT2D eigenvalue weighted by Gasteiger charge is 2.14. The Morgan fingerprint density at radius 3 is 3.00 bits per heavy atom. The molecule has 0 bridgehead atoms. The van der Waals surface area contributed by atoms with Crippen molar-refractivity contribution in [3.8, 4) is 0 Å². The predicted molar refractivity (Wildman–Crippen MR) is 60.8 cm³/mol. The molecule has 90 valence electrons. The highest BCUT2D eigenvalue weighted by atomic mass is 16.2. The van der Waals surface area contributed by atoms with Crippen molar-refractivity contribution >= 4 is 5.91 Å². The summed E-state index contributed by atoms with van der Waals surface area (Å²) in [6, 6.07) is -0.319. The van der Waals surface area contributed by atoms with Crippen LogP contribution in [0.15, 0.2) is 6.20 Å². The first-order valence-corrected chi connectivity index (χ1v) is 5.51. The second-order valence-electron chi connectivity index (χ2n) is 3.73. The lowest BCUT2D eigenvalue weighted by atomic mass is 10.2. The molecule has 0 saturated heterocycles. The minimum atomic E-state index is -0.319. The molecule has 0 aromatic carbocycles. The fourth-order valence-electron chi connectivity index (χ4n) is 1.40. The molecule has 16 heavy (non-hydrogen) atoms. The second kappa shape index (κ2) is 6.22. The maximum Gasteiger partial charge on any atom is 0.244 e. The fraction of sp³-hybridized carbons (Fsp3) is 0.700. The van der Waals surface area contributed by atoms with E-state index in [0.29, 0.717) is 6.54 Å². The topological polar surface area (TPSA) is 85.8 Å². The van der Waals surface area contributed by atoms with E-state index in [0.717, 1.165) is 25.0 Å². The third-order valence-corrected chi connectivity index (χ3v) is 2.47. The van der Waals surface area contributed by atoms with Gasteiger partial charge < -0.3 is 11.1 Å². The number of rotatable bonds is 6. The summed E-state index contributed by atoms with van der Waals surface area (Å²) in [5.41, 5.74) is 6.32. The number of aromatic nitrogens is 3. The number of nitrogens with zero attached hydrogens (tertiary/aromatic N) is 3. The zero-order valence-electron chi connectivity index (χ0n) is 9.81. The smallest absolute Gasteiger partial charge is 0.244 e. The first-order valence-electron chi connectivity index (χ1n) is 5.51. The number of nitrogens with one attached hydrogen (secondary N) is 1. The molecule has 1 unspecified atom stereocenters. The van der Waals surface area contributed by atoms with Gasteiger partial charge in [-0.2, -0.15) is 0 Å². The zero-order valence-corrected chi connectivity index (χ0v) is 9.81. The molecule has 1 aromatic heterocycles. The van der Waals surface area contributed by atoms with E-state index < -0.39 is 0 Å². The Morgan fingerprint density at radius 2 is 2.38 bits per heavy atom. The molecule has 0 fully saturated rings. The Labute approximate surface area is 95.2 Å². The molecule has 0 saturated carbocycles. The zero-order chi connectivity index (χ0) is 12.0. The largest absolute Gasteiger partial charge is 0.357 e. The average molecular weight is 225 g/mol. The second-order valence-corrected chi connectivity index (χ2v) is 3.73. The number of unbranched alkanes of at least 4 members (excludes halogenated alkanes) is 1. The van der Waals surface area contributed by atoms with Crippen molar-refractivity contribution in [3.05, 3.63) is 11.9 Å². The van der Waals surface area contributed by atoms with Crippen LogP contribution in [-0.4, -0.2) is 34.5 Å². The van der Waals surface area contributed by atoms with Crippen LogP contribution in [0.2, 0.25) is 0 Å². The summed E-state index contributed by atoms with van der Waals surface area (Å²) in [6.45, 7) is 2.49. The van der Waals surface area contributed by atoms with Crippen molar-refractivity contribution in [1.29, 1.82) is 0 Å². The number of carbonyl (C=O) groups excluding carboxylic acids is 1. The van der Waals surface area contributed by atoms with Gasteiger partial charge in [-0.15, -0.1) is 5.10 Å². The maximum absolute atomic E-state index is 11.4. The van der Waals surface area contributed by atoms with Crippen molar-refractivity contribution < 1.29 is 4.79 Å². The molecule has 1 heterocycles. The van der Waals surface area contributed by atoms with Gasteiger partial charge in [-0.25, -0.2) is 4.68 Å². The summed E-state index contributed by atoms with van der Waals surface area (Å²) < 4.78 is 1.58. The van der Waals surface area contributed by atoms with E-state index in [1.807, 2.05) is 6.20 Å². The van der Waals surface area contributed by atoms with Crippen LogP contribution in [-0.2, 0) is 11.2 Å². The SMILES string of the molecule is CNC(=O)C(C)n1cc(CCCCN)nn1. The number of amides is 1. The molecule has 1 aromatic rings. The number of hydrogen-bond acceptors (Lipinski definition) is 4. The first kappa shape index (κ1) is 12.6. The summed E-state index contributed by atoms with van der Waals surface area (Å²) in [7, 11) is 1.61. The Balaban J connectivity index is 2.53. The van der Waals surface area contributed by atoms with Crippen LogP contribution in [0.3, 0.4) is 0 Å². The Morgan fingerprint density at radius 1 is 1.62 bits per heavy atom. The van der Waals surface area contributed by atoms with Gasteiger partial charge in [0.25, 0.3) is 0 Å². The van der Waals surface area contributed by atoms with Gasteiger partial charge in [-0.1, -0.05) is 5.21 Å². The lowest BCUT2D eigenvalue weighted by molar-refractivity contribution is -0.123. The van der Waals surface area contributed by atoms with Gasteiger partial charge in [0.1, 0.15) is 6.04 Å². The highest BCUT2D eigenvalue weighted by molar-refractivity contribution is 5.79. The normalized spacial score (nSPS) is 12.4. The predicted octanol–water partition coefficient (Wildman–Crippen LogP) is -0.133. The van der Waals surface area contributed by atoms with E-state index in [9.17, 15) is 4.79 Å². The lowest BCUT2D eigenvalue weighted by Crippen LogP contribution is -2.28. The monoisotopic (exact) mass is 225 g/mol. The number of carbonyl (C=O) groups is 1. The molecule has 1 amide bonds. The van der Waals surface area contributed by atoms with Crippen LogP contribution in [0.1, 0.15) is 31.5 Å². The van der Waals surface area contributed by atoms with Gasteiger partial charge in [0.05, 0.1) is 5.69 Å². The number of likely N-dealkylation sites (N-methyl/N-ethyl adjacent to an activating group) is 1. The average Bonchev–Trinajstić information content (AvgIpc) is 2.76. The summed E-state index contributed by atoms with van der Waals surface area (Å²) in [5.74, 6) is -0.0709. The molecule has 6 heteroatoms. The van der Waals surface area contributed by atoms with Crippen LogP contribution in [0.5, 0.6) is 0 Å². The molecule has 0 aliphatic carbocycles. The minimum Gasteiger partial charge on any atom is -0.357 e. The third-order valence-electron chi connectivity index (χ3n) is 2.47. The molecule has 0 aliphatic rings. The van der Waals surface area contributed by atoms with Gasteiger partial charge in [0, 0.05) is 13.2 Å². The van der Waals surface area contributed by atoms with E-state index in [1.54, 1.807) is 18.7 Å². The third kappa shape index (κ3) is 3.30. The van der Waals surface area contributed by atoms with E-state index in [2.05, 4.69) is 15.6 Å². The van der Waals surface area contributed by atoms with E-state index >= 15 is 0 Å². The van der Waals surface area contributed by atoms with Crippen molar-refractivity contribution in [2.75, 3.05) is 13.6 Å². The Hall–Kier alpha value is -1.43. The van der Waals surface area contributed by atoms with Crippen molar-refractivity contribution in [3.63, 3.8) is 0 Å². The molecular weight excluding hydrogens is 206 g/mol. The summed E-state index contributed by atoms with van der Waals surface area (Å²) in [6.07, 6.45) is 4.66. The number of nitrogens with two attached hydrogens (primary N) is 1. The van der Waals surface area contributed by atoms with Gasteiger partial charge in [0.15, 0.2) is 0 Å². The summed E-state index contributed by atoms with van der Waals surface area (Å²) in [5, 5.41) is 10.5. The Bertz CT molecular complexity index is 336. The molecule has 0 aliphatic heterocycles. The number of aryl methyl sites for hydroxylation is 1. The molecule has 1 atom stereocenters. The van der Waals surface area contributed by atoms with Gasteiger partial charge >= 0.3 is 0 Å². The molecule has 0 radical (unpaired) electrons. The first-order chi connectivity index (χ1) is 7.69. The van der Waals surface area contributed by atoms with Crippen LogP contribution in [0.25, 0.3) is 0 Å². The van der Waals surface area contributed by atoms with Crippen molar-refractivity contribution in [2.24, 2.45) is 5.73 Å². The molecule has 6 nitrogen and oxygen atoms in total. The van der Waals surface area contributed by atoms with Gasteiger partial charge in [-0.05, 0) is 32.7 Å². The molecular formula is C10H19N5O. The van der Waals surface area contributed by atoms with E-state index in [-0.39, 0.29) is 11.9 Å². The fourth-order valence-corrected chi connectivity index (χ4v) is 1.40. The Kier molecular flexibility index (Phi) is 4.91. The lowest BCUT2D eigenvalue weighted by Gasteiger charge is -2.08. The van der Waals surface area contributed by atoms with Crippen molar-refractivity contribution in [2.45, 2.75) is 32.2 Å². The molecule has 0 spiro atoms. The molecule has 3 N–H and O–H groups in total. The van der Waals surface area contributed by atoms with E-state index in [1.165, 1.54) is 0 Å². The van der Waals surface area contributed by atoms with Crippen LogP contribution >= 0.6 is 0 Å². The van der Waals surface area contributed by atoms with Crippen molar-refractivity contribution in [1.82, 2.24) is 20.3 Å². The van der Waals surface area contributed by atoms with Crippen LogP contribution in [0, 0.1) is 0 Å². The standard InChI is InChI=1S/C10H19N5O/c1-8(10(16)12-2)15-7-9(13-14-15)5-3-4-6-11/h7-8H,3-6,11H2,1-2H3,(H,12,16). The highest BCUT2D eigenvalue weighted by Crippen LogP contribution is 2.06. The van der Waals surface area contributed by atoms with Crippen LogP contribution < -0.4 is 11.1 Å². The minimum absolute atomic E-state index is 0.0709. The maximum atomic E-state index is 11.4. The van der Waals surface area contributed by atoms with Gasteiger partial charge in [0.2, 0.25) is 5.91 Å². The number of hydrogen-bond donors (Lipinski definition) is 2.